The molecule has 2 heteroatoms. The van der Waals surface area contributed by atoms with Gasteiger partial charge in [0.15, 0.2) is 0 Å². The highest BCUT2D eigenvalue weighted by Crippen LogP contribution is 2.26. The highest BCUT2D eigenvalue weighted by molar-refractivity contribution is 5.50. The molecule has 0 radical (unpaired) electrons. The van der Waals surface area contributed by atoms with Crippen LogP contribution in [0.2, 0.25) is 0 Å². The van der Waals surface area contributed by atoms with Crippen molar-refractivity contribution >= 4 is 5.69 Å². The molecule has 1 aliphatic heterocycles. The summed E-state index contributed by atoms with van der Waals surface area (Å²) in [4.78, 5) is 2.47. The molecule has 17 heavy (non-hydrogen) atoms. The van der Waals surface area contributed by atoms with Crippen molar-refractivity contribution in [3.63, 3.8) is 0 Å². The van der Waals surface area contributed by atoms with Crippen molar-refractivity contribution in [2.75, 3.05) is 24.6 Å². The Bertz CT molecular complexity index is 367. The van der Waals surface area contributed by atoms with Gasteiger partial charge in [-0.3, -0.25) is 0 Å². The Morgan fingerprint density at radius 1 is 1.18 bits per heavy atom. The molecule has 0 aliphatic carbocycles. The Morgan fingerprint density at radius 2 is 1.88 bits per heavy atom. The first-order valence-corrected chi connectivity index (χ1v) is 6.64. The van der Waals surface area contributed by atoms with Crippen LogP contribution in [0.3, 0.4) is 0 Å². The van der Waals surface area contributed by atoms with E-state index in [4.69, 9.17) is 5.11 Å². The van der Waals surface area contributed by atoms with Gasteiger partial charge in [-0.05, 0) is 62.3 Å². The van der Waals surface area contributed by atoms with Gasteiger partial charge in [-0.2, -0.15) is 0 Å². The number of nitrogens with zero attached hydrogens (tertiary/aromatic N) is 1. The number of piperidine rings is 1. The van der Waals surface area contributed by atoms with Gasteiger partial charge >= 0.3 is 0 Å². The molecule has 94 valence electrons. The maximum atomic E-state index is 8.95. The fourth-order valence-corrected chi connectivity index (χ4v) is 2.58. The van der Waals surface area contributed by atoms with Crippen molar-refractivity contribution in [2.45, 2.75) is 33.1 Å². The summed E-state index contributed by atoms with van der Waals surface area (Å²) in [5, 5.41) is 8.95. The summed E-state index contributed by atoms with van der Waals surface area (Å²) >= 11 is 0. The number of aliphatic hydroxyl groups is 1. The topological polar surface area (TPSA) is 23.5 Å². The van der Waals surface area contributed by atoms with Gasteiger partial charge in [0.25, 0.3) is 0 Å². The lowest BCUT2D eigenvalue weighted by Gasteiger charge is -2.33. The van der Waals surface area contributed by atoms with E-state index in [1.54, 1.807) is 0 Å². The van der Waals surface area contributed by atoms with E-state index < -0.39 is 0 Å². The molecule has 0 bridgehead atoms. The molecular weight excluding hydrogens is 210 g/mol. The Morgan fingerprint density at radius 3 is 2.47 bits per heavy atom. The van der Waals surface area contributed by atoms with Crippen LogP contribution in [0, 0.1) is 19.8 Å². The summed E-state index contributed by atoms with van der Waals surface area (Å²) in [6, 6.07) is 6.74. The van der Waals surface area contributed by atoms with Crippen LogP contribution in [0.1, 0.15) is 30.4 Å². The molecular formula is C15H23NO. The number of aryl methyl sites for hydroxylation is 2. The van der Waals surface area contributed by atoms with Crippen LogP contribution in [0.25, 0.3) is 0 Å². The zero-order valence-electron chi connectivity index (χ0n) is 10.9. The molecule has 0 amide bonds. The molecule has 2 rings (SSSR count). The summed E-state index contributed by atoms with van der Waals surface area (Å²) in [6.45, 7) is 6.94. The largest absolute Gasteiger partial charge is 0.396 e. The number of benzene rings is 1. The molecule has 0 unspecified atom stereocenters. The fraction of sp³-hybridized carbons (Fsp3) is 0.600. The molecule has 1 aromatic rings. The maximum Gasteiger partial charge on any atom is 0.0433 e. The third-order valence-corrected chi connectivity index (χ3v) is 4.01. The molecule has 1 fully saturated rings. The minimum atomic E-state index is 0.342. The molecule has 0 spiro atoms. The second-order valence-electron chi connectivity index (χ2n) is 5.21. The standard InChI is InChI=1S/C15H23NO/c1-12-3-4-15(11-13(12)2)16-8-5-14(6-9-16)7-10-17/h3-4,11,14,17H,5-10H2,1-2H3. The second kappa shape index (κ2) is 5.54. The van der Waals surface area contributed by atoms with Gasteiger partial charge in [0.1, 0.15) is 0 Å². The predicted octanol–water partition coefficient (Wildman–Crippen LogP) is 2.90. The summed E-state index contributed by atoms with van der Waals surface area (Å²) in [5.74, 6) is 0.725. The number of hydrogen-bond donors (Lipinski definition) is 1. The van der Waals surface area contributed by atoms with Crippen LogP contribution in [0.15, 0.2) is 18.2 Å². The first-order chi connectivity index (χ1) is 8.20. The summed E-state index contributed by atoms with van der Waals surface area (Å²) in [7, 11) is 0. The molecule has 0 aromatic heterocycles. The van der Waals surface area contributed by atoms with E-state index in [9.17, 15) is 0 Å². The lowest BCUT2D eigenvalue weighted by Crippen LogP contribution is -2.33. The zero-order chi connectivity index (χ0) is 12.3. The zero-order valence-corrected chi connectivity index (χ0v) is 10.9. The highest BCUT2D eigenvalue weighted by atomic mass is 16.3. The van der Waals surface area contributed by atoms with Gasteiger partial charge in [0, 0.05) is 25.4 Å². The van der Waals surface area contributed by atoms with Crippen LogP contribution in [-0.2, 0) is 0 Å². The van der Waals surface area contributed by atoms with E-state index in [2.05, 4.69) is 36.9 Å². The van der Waals surface area contributed by atoms with Crippen molar-refractivity contribution < 1.29 is 5.11 Å². The minimum absolute atomic E-state index is 0.342. The molecule has 1 aromatic carbocycles. The van der Waals surface area contributed by atoms with E-state index in [1.165, 1.54) is 29.7 Å². The summed E-state index contributed by atoms with van der Waals surface area (Å²) in [6.07, 6.45) is 3.40. The fourth-order valence-electron chi connectivity index (χ4n) is 2.58. The van der Waals surface area contributed by atoms with Crippen LogP contribution in [0.5, 0.6) is 0 Å². The average molecular weight is 233 g/mol. The monoisotopic (exact) mass is 233 g/mol. The Labute approximate surface area is 104 Å². The Kier molecular flexibility index (Phi) is 4.06. The van der Waals surface area contributed by atoms with E-state index in [1.807, 2.05) is 0 Å². The van der Waals surface area contributed by atoms with Gasteiger partial charge in [0.2, 0.25) is 0 Å². The first kappa shape index (κ1) is 12.4. The van der Waals surface area contributed by atoms with Gasteiger partial charge in [-0.1, -0.05) is 6.07 Å². The highest BCUT2D eigenvalue weighted by Gasteiger charge is 2.18. The number of hydrogen-bond acceptors (Lipinski definition) is 2. The number of rotatable bonds is 3. The van der Waals surface area contributed by atoms with Crippen molar-refractivity contribution in [1.29, 1.82) is 0 Å². The average Bonchev–Trinajstić information content (AvgIpc) is 2.34. The first-order valence-electron chi connectivity index (χ1n) is 6.64. The quantitative estimate of drug-likeness (QED) is 0.867. The number of aliphatic hydroxyl groups excluding tert-OH is 1. The van der Waals surface area contributed by atoms with Crippen LogP contribution in [-0.4, -0.2) is 24.8 Å². The molecule has 0 atom stereocenters. The molecule has 1 aliphatic rings. The lowest BCUT2D eigenvalue weighted by atomic mass is 9.93. The van der Waals surface area contributed by atoms with Crippen molar-refractivity contribution in [1.82, 2.24) is 0 Å². The van der Waals surface area contributed by atoms with Crippen LogP contribution < -0.4 is 4.90 Å². The second-order valence-corrected chi connectivity index (χ2v) is 5.21. The maximum absolute atomic E-state index is 8.95. The Balaban J connectivity index is 1.98. The van der Waals surface area contributed by atoms with Crippen molar-refractivity contribution in [3.05, 3.63) is 29.3 Å². The number of anilines is 1. The van der Waals surface area contributed by atoms with Gasteiger partial charge in [-0.15, -0.1) is 0 Å². The third kappa shape index (κ3) is 3.01. The molecule has 0 saturated carbocycles. The van der Waals surface area contributed by atoms with Crippen molar-refractivity contribution in [3.8, 4) is 0 Å². The molecule has 2 nitrogen and oxygen atoms in total. The SMILES string of the molecule is Cc1ccc(N2CCC(CCO)CC2)cc1C. The lowest BCUT2D eigenvalue weighted by molar-refractivity contribution is 0.240. The van der Waals surface area contributed by atoms with Crippen LogP contribution >= 0.6 is 0 Å². The van der Waals surface area contributed by atoms with Crippen LogP contribution in [0.4, 0.5) is 5.69 Å². The van der Waals surface area contributed by atoms with E-state index >= 15 is 0 Å². The van der Waals surface area contributed by atoms with Gasteiger partial charge in [-0.25, -0.2) is 0 Å². The summed E-state index contributed by atoms with van der Waals surface area (Å²) < 4.78 is 0. The van der Waals surface area contributed by atoms with E-state index in [-0.39, 0.29) is 0 Å². The van der Waals surface area contributed by atoms with Gasteiger partial charge < -0.3 is 10.0 Å². The molecule has 1 heterocycles. The van der Waals surface area contributed by atoms with Gasteiger partial charge in [0.05, 0.1) is 0 Å². The predicted molar refractivity (Wildman–Crippen MR) is 72.6 cm³/mol. The smallest absolute Gasteiger partial charge is 0.0433 e. The minimum Gasteiger partial charge on any atom is -0.396 e. The van der Waals surface area contributed by atoms with E-state index in [0.717, 1.165) is 25.4 Å². The van der Waals surface area contributed by atoms with Crippen molar-refractivity contribution in [2.24, 2.45) is 5.92 Å². The Hall–Kier alpha value is -1.02. The normalized spacial score (nSPS) is 17.5. The summed E-state index contributed by atoms with van der Waals surface area (Å²) in [5.41, 5.74) is 4.10. The third-order valence-electron chi connectivity index (χ3n) is 4.01. The molecule has 1 N–H and O–H groups in total. The van der Waals surface area contributed by atoms with E-state index in [0.29, 0.717) is 6.61 Å². The molecule has 1 saturated heterocycles.